The molecule has 0 amide bonds. The summed E-state index contributed by atoms with van der Waals surface area (Å²) in [6, 6.07) is 3.74. The second kappa shape index (κ2) is 2.68. The number of pyridine rings is 1. The van der Waals surface area contributed by atoms with Crippen LogP contribution in [0.15, 0.2) is 24.5 Å². The standard InChI is InChI=1S/C9H9NO2/c1-6(11)8-9(12-8)7-2-4-10-5-3-7/h2-5,8-9H,1H3. The summed E-state index contributed by atoms with van der Waals surface area (Å²) >= 11 is 0. The normalized spacial score (nSPS) is 26.8. The molecule has 1 saturated heterocycles. The molecule has 12 heavy (non-hydrogen) atoms. The van der Waals surface area contributed by atoms with Crippen LogP contribution in [0.1, 0.15) is 18.6 Å². The molecule has 1 fully saturated rings. The average molecular weight is 163 g/mol. The number of carbonyl (C=O) groups is 1. The molecule has 0 spiro atoms. The quantitative estimate of drug-likeness (QED) is 0.613. The summed E-state index contributed by atoms with van der Waals surface area (Å²) in [4.78, 5) is 14.7. The first kappa shape index (κ1) is 7.43. The Labute approximate surface area is 70.4 Å². The zero-order valence-electron chi connectivity index (χ0n) is 6.73. The third kappa shape index (κ3) is 1.23. The van der Waals surface area contributed by atoms with E-state index in [0.717, 1.165) is 5.56 Å². The molecule has 2 heterocycles. The molecule has 1 aliphatic heterocycles. The van der Waals surface area contributed by atoms with Crippen LogP contribution in [0, 0.1) is 0 Å². The maximum Gasteiger partial charge on any atom is 0.161 e. The summed E-state index contributed by atoms with van der Waals surface area (Å²) in [6.45, 7) is 1.55. The lowest BCUT2D eigenvalue weighted by Crippen LogP contribution is -2.00. The van der Waals surface area contributed by atoms with Crippen LogP contribution in [0.4, 0.5) is 0 Å². The van der Waals surface area contributed by atoms with E-state index < -0.39 is 0 Å². The number of Topliss-reactive ketones (excluding diaryl/α,β-unsaturated/α-hetero) is 1. The Kier molecular flexibility index (Phi) is 1.66. The van der Waals surface area contributed by atoms with Crippen molar-refractivity contribution in [3.8, 4) is 0 Å². The highest BCUT2D eigenvalue weighted by Crippen LogP contribution is 2.38. The lowest BCUT2D eigenvalue weighted by Gasteiger charge is -1.91. The molecule has 1 aromatic rings. The molecule has 1 aliphatic rings. The van der Waals surface area contributed by atoms with Crippen molar-refractivity contribution in [1.29, 1.82) is 0 Å². The summed E-state index contributed by atoms with van der Waals surface area (Å²) in [7, 11) is 0. The summed E-state index contributed by atoms with van der Waals surface area (Å²) in [5, 5.41) is 0. The number of hydrogen-bond acceptors (Lipinski definition) is 3. The van der Waals surface area contributed by atoms with E-state index in [1.165, 1.54) is 0 Å². The first-order chi connectivity index (χ1) is 5.79. The molecule has 3 nitrogen and oxygen atoms in total. The van der Waals surface area contributed by atoms with Gasteiger partial charge in [0.15, 0.2) is 5.78 Å². The number of aromatic nitrogens is 1. The van der Waals surface area contributed by atoms with Gasteiger partial charge in [0.2, 0.25) is 0 Å². The zero-order chi connectivity index (χ0) is 8.55. The topological polar surface area (TPSA) is 42.5 Å². The molecule has 0 aliphatic carbocycles. The second-order valence-corrected chi connectivity index (χ2v) is 2.87. The van der Waals surface area contributed by atoms with Crippen LogP contribution in [-0.4, -0.2) is 16.9 Å². The van der Waals surface area contributed by atoms with Crippen molar-refractivity contribution in [3.05, 3.63) is 30.1 Å². The monoisotopic (exact) mass is 163 g/mol. The maximum absolute atomic E-state index is 10.8. The van der Waals surface area contributed by atoms with Crippen LogP contribution in [0.5, 0.6) is 0 Å². The maximum atomic E-state index is 10.8. The van der Waals surface area contributed by atoms with E-state index in [4.69, 9.17) is 4.74 Å². The Bertz CT molecular complexity index is 297. The molecule has 0 radical (unpaired) electrons. The predicted molar refractivity (Wildman–Crippen MR) is 42.5 cm³/mol. The van der Waals surface area contributed by atoms with Crippen molar-refractivity contribution in [2.75, 3.05) is 0 Å². The molecule has 0 N–H and O–H groups in total. The fourth-order valence-corrected chi connectivity index (χ4v) is 1.23. The van der Waals surface area contributed by atoms with Crippen molar-refractivity contribution < 1.29 is 9.53 Å². The Morgan fingerprint density at radius 2 is 2.17 bits per heavy atom. The van der Waals surface area contributed by atoms with Crippen molar-refractivity contribution in [2.45, 2.75) is 19.1 Å². The minimum atomic E-state index is -0.215. The van der Waals surface area contributed by atoms with Gasteiger partial charge in [-0.2, -0.15) is 0 Å². The van der Waals surface area contributed by atoms with E-state index in [1.54, 1.807) is 19.3 Å². The van der Waals surface area contributed by atoms with E-state index in [-0.39, 0.29) is 18.0 Å². The van der Waals surface area contributed by atoms with E-state index in [1.807, 2.05) is 12.1 Å². The van der Waals surface area contributed by atoms with Crippen molar-refractivity contribution in [1.82, 2.24) is 4.98 Å². The van der Waals surface area contributed by atoms with Gasteiger partial charge >= 0.3 is 0 Å². The van der Waals surface area contributed by atoms with E-state index in [0.29, 0.717) is 0 Å². The summed E-state index contributed by atoms with van der Waals surface area (Å²) < 4.78 is 5.19. The Balaban J connectivity index is 2.11. The molecule has 2 atom stereocenters. The van der Waals surface area contributed by atoms with Crippen LogP contribution in [0.25, 0.3) is 0 Å². The molecule has 3 heteroatoms. The number of ketones is 1. The fourth-order valence-electron chi connectivity index (χ4n) is 1.23. The van der Waals surface area contributed by atoms with E-state index >= 15 is 0 Å². The van der Waals surface area contributed by atoms with Crippen LogP contribution in [0.3, 0.4) is 0 Å². The average Bonchev–Trinajstić information content (AvgIpc) is 2.84. The molecular weight excluding hydrogens is 154 g/mol. The smallest absolute Gasteiger partial charge is 0.161 e. The molecule has 0 bridgehead atoms. The van der Waals surface area contributed by atoms with Gasteiger partial charge in [-0.3, -0.25) is 9.78 Å². The van der Waals surface area contributed by atoms with Crippen LogP contribution >= 0.6 is 0 Å². The first-order valence-corrected chi connectivity index (χ1v) is 3.85. The number of hydrogen-bond donors (Lipinski definition) is 0. The molecular formula is C9H9NO2. The number of carbonyl (C=O) groups excluding carboxylic acids is 1. The van der Waals surface area contributed by atoms with Crippen molar-refractivity contribution in [2.24, 2.45) is 0 Å². The van der Waals surface area contributed by atoms with Gasteiger partial charge in [0.1, 0.15) is 12.2 Å². The fraction of sp³-hybridized carbons (Fsp3) is 0.333. The largest absolute Gasteiger partial charge is 0.356 e. The SMILES string of the molecule is CC(=O)C1OC1c1ccncc1. The minimum absolute atomic E-state index is 0.0227. The highest BCUT2D eigenvalue weighted by atomic mass is 16.6. The zero-order valence-corrected chi connectivity index (χ0v) is 6.73. The van der Waals surface area contributed by atoms with Crippen molar-refractivity contribution in [3.63, 3.8) is 0 Å². The lowest BCUT2D eigenvalue weighted by molar-refractivity contribution is -0.118. The Hall–Kier alpha value is -1.22. The Morgan fingerprint density at radius 3 is 2.67 bits per heavy atom. The van der Waals surface area contributed by atoms with Gasteiger partial charge < -0.3 is 4.74 Å². The Morgan fingerprint density at radius 1 is 1.50 bits per heavy atom. The highest BCUT2D eigenvalue weighted by Gasteiger charge is 2.43. The summed E-state index contributed by atoms with van der Waals surface area (Å²) in [5.41, 5.74) is 1.03. The van der Waals surface area contributed by atoms with Gasteiger partial charge in [-0.15, -0.1) is 0 Å². The van der Waals surface area contributed by atoms with Crippen LogP contribution < -0.4 is 0 Å². The highest BCUT2D eigenvalue weighted by molar-refractivity contribution is 5.83. The van der Waals surface area contributed by atoms with Gasteiger partial charge in [-0.05, 0) is 24.6 Å². The van der Waals surface area contributed by atoms with Crippen molar-refractivity contribution >= 4 is 5.78 Å². The number of ether oxygens (including phenoxy) is 1. The van der Waals surface area contributed by atoms with Crippen LogP contribution in [0.2, 0.25) is 0 Å². The third-order valence-corrected chi connectivity index (χ3v) is 1.93. The lowest BCUT2D eigenvalue weighted by atomic mass is 10.1. The van der Waals surface area contributed by atoms with E-state index in [2.05, 4.69) is 4.98 Å². The van der Waals surface area contributed by atoms with Gasteiger partial charge in [-0.25, -0.2) is 0 Å². The predicted octanol–water partition coefficient (Wildman–Crippen LogP) is 1.11. The molecule has 1 aromatic heterocycles. The molecule has 2 rings (SSSR count). The number of rotatable bonds is 2. The molecule has 2 unspecified atom stereocenters. The van der Waals surface area contributed by atoms with Gasteiger partial charge in [-0.1, -0.05) is 0 Å². The second-order valence-electron chi connectivity index (χ2n) is 2.87. The van der Waals surface area contributed by atoms with Gasteiger partial charge in [0.05, 0.1) is 0 Å². The van der Waals surface area contributed by atoms with Gasteiger partial charge in [0.25, 0.3) is 0 Å². The molecule has 0 aromatic carbocycles. The molecule has 62 valence electrons. The molecule has 0 saturated carbocycles. The van der Waals surface area contributed by atoms with Gasteiger partial charge in [0, 0.05) is 12.4 Å². The summed E-state index contributed by atoms with van der Waals surface area (Å²) in [6.07, 6.45) is 3.17. The number of epoxide rings is 1. The third-order valence-electron chi connectivity index (χ3n) is 1.93. The van der Waals surface area contributed by atoms with E-state index in [9.17, 15) is 4.79 Å². The summed E-state index contributed by atoms with van der Waals surface area (Å²) in [5.74, 6) is 0.0943. The first-order valence-electron chi connectivity index (χ1n) is 3.85. The minimum Gasteiger partial charge on any atom is -0.356 e. The number of nitrogens with zero attached hydrogens (tertiary/aromatic N) is 1. The van der Waals surface area contributed by atoms with Crippen LogP contribution in [-0.2, 0) is 9.53 Å².